The van der Waals surface area contributed by atoms with Crippen LogP contribution in [0.4, 0.5) is 10.3 Å². The monoisotopic (exact) mass is 412 g/mol. The van der Waals surface area contributed by atoms with Gasteiger partial charge in [0.05, 0.1) is 11.7 Å². The normalized spacial score (nSPS) is 21.1. The molecule has 1 N–H and O–H groups in total. The number of halogens is 1. The quantitative estimate of drug-likeness (QED) is 0.809. The third-order valence-electron chi connectivity index (χ3n) is 5.88. The van der Waals surface area contributed by atoms with Crippen molar-refractivity contribution >= 4 is 11.9 Å². The predicted molar refractivity (Wildman–Crippen MR) is 113 cm³/mol. The van der Waals surface area contributed by atoms with Gasteiger partial charge in [-0.3, -0.25) is 4.79 Å². The molecule has 0 unspecified atom stereocenters. The van der Waals surface area contributed by atoms with Gasteiger partial charge in [-0.2, -0.15) is 0 Å². The maximum absolute atomic E-state index is 13.9. The average molecular weight is 413 g/mol. The van der Waals surface area contributed by atoms with Crippen LogP contribution in [-0.2, 0) is 11.2 Å². The van der Waals surface area contributed by atoms with Crippen LogP contribution in [0, 0.1) is 11.2 Å². The lowest BCUT2D eigenvalue weighted by molar-refractivity contribution is -0.128. The molecule has 2 aromatic rings. The third kappa shape index (κ3) is 4.40. The zero-order valence-electron chi connectivity index (χ0n) is 17.8. The van der Waals surface area contributed by atoms with Crippen molar-refractivity contribution in [1.82, 2.24) is 15.3 Å². The Labute approximate surface area is 176 Å². The summed E-state index contributed by atoms with van der Waals surface area (Å²) in [5.41, 5.74) is 1.96. The van der Waals surface area contributed by atoms with Crippen molar-refractivity contribution in [2.45, 2.75) is 58.6 Å². The van der Waals surface area contributed by atoms with E-state index in [1.54, 1.807) is 19.1 Å². The molecule has 1 fully saturated rings. The molecule has 7 heteroatoms. The van der Waals surface area contributed by atoms with E-state index in [9.17, 15) is 9.18 Å². The molecular formula is C23H29FN4O2. The number of nitrogens with one attached hydrogen (secondary N) is 1. The minimum Gasteiger partial charge on any atom is -0.478 e. The van der Waals surface area contributed by atoms with Crippen LogP contribution >= 0.6 is 0 Å². The van der Waals surface area contributed by atoms with Crippen molar-refractivity contribution in [3.8, 4) is 5.75 Å². The van der Waals surface area contributed by atoms with E-state index in [1.165, 1.54) is 25.0 Å². The van der Waals surface area contributed by atoms with Gasteiger partial charge in [-0.15, -0.1) is 0 Å². The van der Waals surface area contributed by atoms with Crippen LogP contribution in [0.2, 0.25) is 0 Å². The maximum atomic E-state index is 13.9. The highest BCUT2D eigenvalue weighted by atomic mass is 19.1. The molecule has 2 atom stereocenters. The van der Waals surface area contributed by atoms with E-state index < -0.39 is 11.9 Å². The number of carbonyl (C=O) groups is 1. The molecule has 0 spiro atoms. The second kappa shape index (κ2) is 8.20. The Bertz CT molecular complexity index is 927. The summed E-state index contributed by atoms with van der Waals surface area (Å²) in [5, 5.41) is 3.08. The van der Waals surface area contributed by atoms with Crippen molar-refractivity contribution in [3.63, 3.8) is 0 Å². The molecule has 2 heterocycles. The number of amides is 1. The van der Waals surface area contributed by atoms with Gasteiger partial charge in [0.15, 0.2) is 17.7 Å². The zero-order chi connectivity index (χ0) is 21.3. The summed E-state index contributed by atoms with van der Waals surface area (Å²) < 4.78 is 19.4. The van der Waals surface area contributed by atoms with Gasteiger partial charge in [0.2, 0.25) is 5.95 Å². The molecule has 160 valence electrons. The molecule has 0 saturated carbocycles. The van der Waals surface area contributed by atoms with Gasteiger partial charge >= 0.3 is 0 Å². The summed E-state index contributed by atoms with van der Waals surface area (Å²) in [4.78, 5) is 24.5. The molecule has 1 aromatic heterocycles. The molecule has 1 aromatic carbocycles. The first-order chi connectivity index (χ1) is 14.3. The summed E-state index contributed by atoms with van der Waals surface area (Å²) in [6.45, 7) is 7.99. The molecule has 6 nitrogen and oxygen atoms in total. The van der Waals surface area contributed by atoms with E-state index in [0.29, 0.717) is 0 Å². The van der Waals surface area contributed by atoms with Crippen LogP contribution in [0.1, 0.15) is 57.3 Å². The highest BCUT2D eigenvalue weighted by Crippen LogP contribution is 2.40. The number of fused-ring (bicyclic) bond motifs is 1. The third-order valence-corrected chi connectivity index (χ3v) is 5.88. The lowest BCUT2D eigenvalue weighted by Crippen LogP contribution is -2.42. The molecule has 1 amide bonds. The van der Waals surface area contributed by atoms with E-state index in [1.807, 2.05) is 6.20 Å². The van der Waals surface area contributed by atoms with Crippen LogP contribution in [0.25, 0.3) is 0 Å². The summed E-state index contributed by atoms with van der Waals surface area (Å²) in [7, 11) is 0. The Morgan fingerprint density at radius 3 is 2.77 bits per heavy atom. The summed E-state index contributed by atoms with van der Waals surface area (Å²) >= 11 is 0. The molecule has 0 radical (unpaired) electrons. The Hall–Kier alpha value is -2.70. The summed E-state index contributed by atoms with van der Waals surface area (Å²) in [6, 6.07) is 5.90. The van der Waals surface area contributed by atoms with Crippen molar-refractivity contribution in [3.05, 3.63) is 47.5 Å². The van der Waals surface area contributed by atoms with Crippen LogP contribution in [0.3, 0.4) is 0 Å². The highest BCUT2D eigenvalue weighted by Gasteiger charge is 2.35. The number of hydrogen-bond acceptors (Lipinski definition) is 5. The number of hydrogen-bond donors (Lipinski definition) is 1. The number of para-hydroxylation sites is 1. The van der Waals surface area contributed by atoms with Crippen LogP contribution in [-0.4, -0.2) is 35.1 Å². The fourth-order valence-corrected chi connectivity index (χ4v) is 4.31. The number of carbonyl (C=O) groups excluding carboxylic acids is 1. The van der Waals surface area contributed by atoms with E-state index in [2.05, 4.69) is 29.0 Å². The second-order valence-electron chi connectivity index (χ2n) is 9.06. The number of ether oxygens (including phenoxy) is 1. The van der Waals surface area contributed by atoms with Gasteiger partial charge in [0.1, 0.15) is 0 Å². The molecule has 1 saturated heterocycles. The minimum atomic E-state index is -0.819. The first-order valence-electron chi connectivity index (χ1n) is 10.6. The van der Waals surface area contributed by atoms with Crippen LogP contribution in [0.5, 0.6) is 5.75 Å². The van der Waals surface area contributed by atoms with E-state index >= 15 is 0 Å². The van der Waals surface area contributed by atoms with Gasteiger partial charge in [-0.05, 0) is 50.2 Å². The Balaban J connectivity index is 1.51. The Kier molecular flexibility index (Phi) is 5.62. The lowest BCUT2D eigenvalue weighted by atomic mass is 9.74. The fraction of sp³-hybridized carbons (Fsp3) is 0.522. The van der Waals surface area contributed by atoms with Crippen molar-refractivity contribution in [2.75, 3.05) is 18.0 Å². The topological polar surface area (TPSA) is 67.3 Å². The van der Waals surface area contributed by atoms with Gasteiger partial charge < -0.3 is 15.0 Å². The van der Waals surface area contributed by atoms with Crippen LogP contribution in [0.15, 0.2) is 30.5 Å². The molecular weight excluding hydrogens is 383 g/mol. The Morgan fingerprint density at radius 2 is 2.03 bits per heavy atom. The number of rotatable bonds is 5. The lowest BCUT2D eigenvalue weighted by Gasteiger charge is -2.37. The van der Waals surface area contributed by atoms with Crippen molar-refractivity contribution < 1.29 is 13.9 Å². The Morgan fingerprint density at radius 1 is 1.30 bits per heavy atom. The fourth-order valence-electron chi connectivity index (χ4n) is 4.31. The predicted octanol–water partition coefficient (Wildman–Crippen LogP) is 3.81. The number of aromatic nitrogens is 2. The van der Waals surface area contributed by atoms with Gasteiger partial charge in [-0.1, -0.05) is 26.0 Å². The van der Waals surface area contributed by atoms with E-state index in [-0.39, 0.29) is 23.1 Å². The first-order valence-corrected chi connectivity index (χ1v) is 10.6. The van der Waals surface area contributed by atoms with E-state index in [4.69, 9.17) is 9.72 Å². The number of anilines is 1. The SMILES string of the molecule is C[C@@H](Oc1ccccc1F)C(=O)N[C@@H]1CC(C)(C)Cc2nc(N3CCCC3)ncc21. The van der Waals surface area contributed by atoms with Crippen LogP contribution < -0.4 is 15.0 Å². The maximum Gasteiger partial charge on any atom is 0.261 e. The van der Waals surface area contributed by atoms with Gasteiger partial charge in [0, 0.05) is 24.8 Å². The van der Waals surface area contributed by atoms with E-state index in [0.717, 1.165) is 43.1 Å². The van der Waals surface area contributed by atoms with Gasteiger partial charge in [0.25, 0.3) is 5.91 Å². The summed E-state index contributed by atoms with van der Waals surface area (Å²) in [6.07, 6.45) is 5.01. The molecule has 30 heavy (non-hydrogen) atoms. The first kappa shape index (κ1) is 20.6. The highest BCUT2D eigenvalue weighted by molar-refractivity contribution is 5.81. The summed E-state index contributed by atoms with van der Waals surface area (Å²) in [5.74, 6) is 0.0908. The largest absolute Gasteiger partial charge is 0.478 e. The van der Waals surface area contributed by atoms with Crippen molar-refractivity contribution in [2.24, 2.45) is 5.41 Å². The molecule has 2 aliphatic rings. The van der Waals surface area contributed by atoms with Gasteiger partial charge in [-0.25, -0.2) is 14.4 Å². The average Bonchev–Trinajstić information content (AvgIpc) is 3.23. The zero-order valence-corrected chi connectivity index (χ0v) is 17.8. The second-order valence-corrected chi connectivity index (χ2v) is 9.06. The molecule has 1 aliphatic carbocycles. The smallest absolute Gasteiger partial charge is 0.261 e. The molecule has 1 aliphatic heterocycles. The molecule has 0 bridgehead atoms. The standard InChI is InChI=1S/C23H29FN4O2/c1-15(30-20-9-5-4-8-17(20)24)21(29)26-18-12-23(2,3)13-19-16(18)14-25-22(27-19)28-10-6-7-11-28/h4-5,8-9,14-15,18H,6-7,10-13H2,1-3H3,(H,26,29)/t15-,18-/m1/s1. The minimum absolute atomic E-state index is 0.00277. The molecule has 4 rings (SSSR count). The van der Waals surface area contributed by atoms with Crippen molar-refractivity contribution in [1.29, 1.82) is 0 Å². The number of nitrogens with zero attached hydrogens (tertiary/aromatic N) is 3. The number of benzene rings is 1.